The first kappa shape index (κ1) is 11.0. The van der Waals surface area contributed by atoms with E-state index in [4.69, 9.17) is 11.3 Å². The van der Waals surface area contributed by atoms with E-state index in [1.54, 1.807) is 6.20 Å². The van der Waals surface area contributed by atoms with Crippen LogP contribution in [0.5, 0.6) is 0 Å². The van der Waals surface area contributed by atoms with Gasteiger partial charge in [-0.25, -0.2) is 9.97 Å². The molecule has 0 bridgehead atoms. The van der Waals surface area contributed by atoms with E-state index in [2.05, 4.69) is 20.0 Å². The Morgan fingerprint density at radius 3 is 3.13 bits per heavy atom. The first-order valence-corrected chi connectivity index (χ1v) is 4.50. The molecule has 1 aromatic rings. The molecule has 0 saturated heterocycles. The maximum absolute atomic E-state index is 8.06. The summed E-state index contributed by atoms with van der Waals surface area (Å²) in [6, 6.07) is 0. The topological polar surface area (TPSA) is 101 Å². The highest BCUT2D eigenvalue weighted by molar-refractivity contribution is 5.51. The van der Waals surface area contributed by atoms with E-state index in [0.29, 0.717) is 13.0 Å². The van der Waals surface area contributed by atoms with Crippen molar-refractivity contribution in [2.75, 3.05) is 12.3 Å². The molecule has 0 amide bonds. The van der Waals surface area contributed by atoms with E-state index in [0.717, 1.165) is 11.3 Å². The summed E-state index contributed by atoms with van der Waals surface area (Å²) in [6.07, 6.45) is 6.17. The van der Waals surface area contributed by atoms with Crippen molar-refractivity contribution in [3.8, 4) is 0 Å². The van der Waals surface area contributed by atoms with Crippen LogP contribution >= 0.6 is 0 Å². The van der Waals surface area contributed by atoms with Crippen molar-refractivity contribution in [1.29, 1.82) is 0 Å². The van der Waals surface area contributed by atoms with Gasteiger partial charge in [-0.15, -0.1) is 0 Å². The van der Waals surface area contributed by atoms with Crippen molar-refractivity contribution in [2.24, 2.45) is 5.11 Å². The first-order chi connectivity index (χ1) is 7.24. The number of aryl methyl sites for hydroxylation is 1. The number of nitrogens with zero attached hydrogens (tertiary/aromatic N) is 5. The van der Waals surface area contributed by atoms with Crippen LogP contribution in [0.2, 0.25) is 0 Å². The Kier molecular flexibility index (Phi) is 4.12. The Labute approximate surface area is 87.5 Å². The predicted octanol–water partition coefficient (Wildman–Crippen LogP) is 2.08. The normalized spacial score (nSPS) is 10.2. The van der Waals surface area contributed by atoms with E-state index < -0.39 is 0 Å². The van der Waals surface area contributed by atoms with E-state index in [9.17, 15) is 0 Å². The van der Waals surface area contributed by atoms with E-state index in [1.165, 1.54) is 0 Å². The summed E-state index contributed by atoms with van der Waals surface area (Å²) in [6.45, 7) is 2.33. The van der Waals surface area contributed by atoms with Crippen LogP contribution in [0.25, 0.3) is 16.5 Å². The number of nitrogens with two attached hydrogens (primary N) is 1. The Hall–Kier alpha value is -2.07. The second-order valence-corrected chi connectivity index (χ2v) is 2.91. The van der Waals surface area contributed by atoms with Crippen LogP contribution in [0.15, 0.2) is 17.4 Å². The monoisotopic (exact) mass is 204 g/mol. The van der Waals surface area contributed by atoms with Crippen molar-refractivity contribution in [2.45, 2.75) is 13.3 Å². The van der Waals surface area contributed by atoms with Gasteiger partial charge in [0.05, 0.1) is 5.69 Å². The Morgan fingerprint density at radius 2 is 2.47 bits per heavy atom. The largest absolute Gasteiger partial charge is 0.368 e. The lowest BCUT2D eigenvalue weighted by Crippen LogP contribution is -1.97. The molecule has 0 unspecified atom stereocenters. The number of azide groups is 1. The third-order valence-electron chi connectivity index (χ3n) is 1.79. The lowest BCUT2D eigenvalue weighted by atomic mass is 10.2. The summed E-state index contributed by atoms with van der Waals surface area (Å²) < 4.78 is 0. The maximum Gasteiger partial charge on any atom is 0.220 e. The fraction of sp³-hybridized carbons (Fsp3) is 0.333. The van der Waals surface area contributed by atoms with Gasteiger partial charge in [-0.05, 0) is 18.9 Å². The summed E-state index contributed by atoms with van der Waals surface area (Å²) in [5.74, 6) is 0.277. The van der Waals surface area contributed by atoms with Crippen molar-refractivity contribution in [1.82, 2.24) is 9.97 Å². The summed E-state index contributed by atoms with van der Waals surface area (Å²) >= 11 is 0. The minimum absolute atomic E-state index is 0.277. The fourth-order valence-electron chi connectivity index (χ4n) is 1.05. The van der Waals surface area contributed by atoms with Gasteiger partial charge >= 0.3 is 0 Å². The SMILES string of the molecule is Cc1nc(N)ncc1C=CCCN=[N+]=[N-]. The second kappa shape index (κ2) is 5.62. The lowest BCUT2D eigenvalue weighted by molar-refractivity contribution is 0.995. The van der Waals surface area contributed by atoms with Gasteiger partial charge in [-0.3, -0.25) is 0 Å². The van der Waals surface area contributed by atoms with Crippen LogP contribution in [0.4, 0.5) is 5.95 Å². The molecule has 0 radical (unpaired) electrons. The zero-order chi connectivity index (χ0) is 11.1. The van der Waals surface area contributed by atoms with Crippen molar-refractivity contribution in [3.63, 3.8) is 0 Å². The third-order valence-corrected chi connectivity index (χ3v) is 1.79. The Bertz CT molecular complexity index is 405. The molecule has 0 atom stereocenters. The highest BCUT2D eigenvalue weighted by atomic mass is 15.1. The number of aromatic nitrogens is 2. The van der Waals surface area contributed by atoms with Crippen LogP contribution in [0.3, 0.4) is 0 Å². The molecule has 1 aromatic heterocycles. The van der Waals surface area contributed by atoms with Crippen LogP contribution in [0, 0.1) is 6.92 Å². The van der Waals surface area contributed by atoms with Crippen LogP contribution in [0.1, 0.15) is 17.7 Å². The highest BCUT2D eigenvalue weighted by Gasteiger charge is 1.96. The lowest BCUT2D eigenvalue weighted by Gasteiger charge is -1.98. The second-order valence-electron chi connectivity index (χ2n) is 2.91. The minimum atomic E-state index is 0.277. The summed E-state index contributed by atoms with van der Waals surface area (Å²) in [4.78, 5) is 10.6. The third kappa shape index (κ3) is 3.66. The molecule has 0 aliphatic rings. The number of rotatable bonds is 4. The summed E-state index contributed by atoms with van der Waals surface area (Å²) in [5, 5.41) is 3.42. The molecule has 1 heterocycles. The van der Waals surface area contributed by atoms with E-state index in [-0.39, 0.29) is 5.95 Å². The number of anilines is 1. The van der Waals surface area contributed by atoms with Crippen LogP contribution in [-0.2, 0) is 0 Å². The molecule has 6 heteroatoms. The summed E-state index contributed by atoms with van der Waals surface area (Å²) in [7, 11) is 0. The molecule has 0 spiro atoms. The van der Waals surface area contributed by atoms with Gasteiger partial charge in [0.25, 0.3) is 0 Å². The van der Waals surface area contributed by atoms with Gasteiger partial charge < -0.3 is 5.73 Å². The van der Waals surface area contributed by atoms with E-state index in [1.807, 2.05) is 19.1 Å². The van der Waals surface area contributed by atoms with Gasteiger partial charge in [-0.1, -0.05) is 17.3 Å². The smallest absolute Gasteiger partial charge is 0.220 e. The zero-order valence-electron chi connectivity index (χ0n) is 8.46. The number of hydrogen-bond donors (Lipinski definition) is 1. The standard InChI is InChI=1S/C9H12N6/c1-7-8(6-12-9(10)14-7)4-2-3-5-13-15-11/h2,4,6H,3,5H2,1H3,(H2,10,12,14). The first-order valence-electron chi connectivity index (χ1n) is 4.50. The molecule has 78 valence electrons. The number of hydrogen-bond acceptors (Lipinski definition) is 4. The Balaban J connectivity index is 2.60. The van der Waals surface area contributed by atoms with Gasteiger partial charge in [0, 0.05) is 23.2 Å². The molecule has 15 heavy (non-hydrogen) atoms. The minimum Gasteiger partial charge on any atom is -0.368 e. The quantitative estimate of drug-likeness (QED) is 0.351. The Morgan fingerprint density at radius 1 is 1.67 bits per heavy atom. The van der Waals surface area contributed by atoms with Crippen molar-refractivity contribution in [3.05, 3.63) is 34.0 Å². The summed E-state index contributed by atoms with van der Waals surface area (Å²) in [5.41, 5.74) is 15.2. The zero-order valence-corrected chi connectivity index (χ0v) is 8.46. The van der Waals surface area contributed by atoms with E-state index >= 15 is 0 Å². The highest BCUT2D eigenvalue weighted by Crippen LogP contribution is 2.07. The van der Waals surface area contributed by atoms with Gasteiger partial charge in [0.1, 0.15) is 0 Å². The van der Waals surface area contributed by atoms with Crippen molar-refractivity contribution < 1.29 is 0 Å². The predicted molar refractivity (Wildman–Crippen MR) is 58.8 cm³/mol. The van der Waals surface area contributed by atoms with Crippen LogP contribution in [-0.4, -0.2) is 16.5 Å². The molecular formula is C9H12N6. The average molecular weight is 204 g/mol. The van der Waals surface area contributed by atoms with Crippen molar-refractivity contribution >= 4 is 12.0 Å². The molecule has 0 saturated carbocycles. The molecular weight excluding hydrogens is 192 g/mol. The maximum atomic E-state index is 8.06. The fourth-order valence-corrected chi connectivity index (χ4v) is 1.05. The van der Waals surface area contributed by atoms with Gasteiger partial charge in [0.2, 0.25) is 5.95 Å². The van der Waals surface area contributed by atoms with Gasteiger partial charge in [-0.2, -0.15) is 0 Å². The molecule has 6 nitrogen and oxygen atoms in total. The number of nitrogen functional groups attached to an aromatic ring is 1. The molecule has 0 fully saturated rings. The average Bonchev–Trinajstić information content (AvgIpc) is 2.20. The molecule has 2 N–H and O–H groups in total. The molecule has 0 aliphatic heterocycles. The van der Waals surface area contributed by atoms with Gasteiger partial charge in [0.15, 0.2) is 0 Å². The molecule has 1 rings (SSSR count). The van der Waals surface area contributed by atoms with Crippen LogP contribution < -0.4 is 5.73 Å². The molecule has 0 aliphatic carbocycles. The molecule has 0 aromatic carbocycles.